The maximum atomic E-state index is 13.1. The maximum Gasteiger partial charge on any atom is 0.359 e. The summed E-state index contributed by atoms with van der Waals surface area (Å²) in [6.07, 6.45) is 3.00. The van der Waals surface area contributed by atoms with Gasteiger partial charge in [-0.25, -0.2) is 0 Å². The van der Waals surface area contributed by atoms with E-state index in [0.717, 1.165) is 22.6 Å². The van der Waals surface area contributed by atoms with Gasteiger partial charge in [-0.3, -0.25) is 9.36 Å². The molecule has 156 valence electrons. The van der Waals surface area contributed by atoms with Crippen LogP contribution in [0.1, 0.15) is 16.4 Å². The molecule has 0 aliphatic carbocycles. The van der Waals surface area contributed by atoms with Gasteiger partial charge in [0.15, 0.2) is 10.8 Å². The van der Waals surface area contributed by atoms with Crippen molar-refractivity contribution < 1.29 is 18.4 Å². The molecule has 10 heteroatoms. The van der Waals surface area contributed by atoms with Crippen molar-refractivity contribution in [2.24, 2.45) is 0 Å². The van der Waals surface area contributed by atoms with Crippen LogP contribution in [0.25, 0.3) is 6.08 Å². The molecule has 2 N–H and O–H groups in total. The highest BCUT2D eigenvalue weighted by molar-refractivity contribution is 7.54. The average Bonchev–Trinajstić information content (AvgIpc) is 3.25. The van der Waals surface area contributed by atoms with E-state index < -0.39 is 19.3 Å². The number of hydrogen-bond acceptors (Lipinski definition) is 8. The topological polar surface area (TPSA) is 102 Å². The molecule has 1 aromatic heterocycles. The number of para-hydroxylation sites is 1. The van der Waals surface area contributed by atoms with Crippen LogP contribution in [0, 0.1) is 0 Å². The van der Waals surface area contributed by atoms with Crippen LogP contribution in [0.15, 0.2) is 66.7 Å². The Hall–Kier alpha value is -2.84. The quantitative estimate of drug-likeness (QED) is 0.367. The van der Waals surface area contributed by atoms with Crippen molar-refractivity contribution in [3.8, 4) is 0 Å². The Bertz CT molecular complexity index is 1040. The number of carbonyl (C=O) groups excluding carboxylic acids is 1. The molecule has 0 bridgehead atoms. The van der Waals surface area contributed by atoms with Gasteiger partial charge in [0, 0.05) is 26.0 Å². The van der Waals surface area contributed by atoms with E-state index in [2.05, 4.69) is 20.8 Å². The zero-order valence-electron chi connectivity index (χ0n) is 16.4. The summed E-state index contributed by atoms with van der Waals surface area (Å²) in [5.41, 5.74) is 1.68. The van der Waals surface area contributed by atoms with Gasteiger partial charge in [0.2, 0.25) is 11.0 Å². The van der Waals surface area contributed by atoms with Crippen LogP contribution in [0.3, 0.4) is 0 Å². The number of anilines is 2. The molecule has 3 rings (SSSR count). The van der Waals surface area contributed by atoms with Crippen LogP contribution < -0.4 is 10.6 Å². The molecule has 0 radical (unpaired) electrons. The lowest BCUT2D eigenvalue weighted by Gasteiger charge is -2.22. The summed E-state index contributed by atoms with van der Waals surface area (Å²) in [5, 5.41) is 14.7. The zero-order valence-corrected chi connectivity index (χ0v) is 18.1. The third kappa shape index (κ3) is 5.61. The Labute approximate surface area is 178 Å². The Morgan fingerprint density at radius 2 is 1.67 bits per heavy atom. The van der Waals surface area contributed by atoms with E-state index in [1.165, 1.54) is 20.3 Å². The van der Waals surface area contributed by atoms with Crippen LogP contribution >= 0.6 is 18.9 Å². The zero-order chi connectivity index (χ0) is 21.4. The van der Waals surface area contributed by atoms with Gasteiger partial charge in [0.1, 0.15) is 0 Å². The maximum absolute atomic E-state index is 13.1. The minimum atomic E-state index is -3.72. The second-order valence-corrected chi connectivity index (χ2v) is 9.33. The van der Waals surface area contributed by atoms with E-state index in [0.29, 0.717) is 10.1 Å². The second kappa shape index (κ2) is 10.3. The fourth-order valence-corrected chi connectivity index (χ4v) is 4.95. The predicted molar refractivity (Wildman–Crippen MR) is 118 cm³/mol. The molecule has 3 aromatic rings. The van der Waals surface area contributed by atoms with Crippen LogP contribution in [0.4, 0.5) is 10.8 Å². The van der Waals surface area contributed by atoms with Gasteiger partial charge in [-0.2, -0.15) is 0 Å². The monoisotopic (exact) mass is 444 g/mol. The molecule has 2 aromatic carbocycles. The number of amides is 1. The smallest absolute Gasteiger partial charge is 0.333 e. The van der Waals surface area contributed by atoms with E-state index in [1.807, 2.05) is 60.7 Å². The Kier molecular flexibility index (Phi) is 7.48. The molecule has 0 spiro atoms. The first-order valence-electron chi connectivity index (χ1n) is 8.94. The van der Waals surface area contributed by atoms with Crippen molar-refractivity contribution in [2.45, 2.75) is 5.78 Å². The molecule has 0 aliphatic heterocycles. The van der Waals surface area contributed by atoms with Crippen LogP contribution in [0.2, 0.25) is 0 Å². The lowest BCUT2D eigenvalue weighted by Crippen LogP contribution is -2.27. The Morgan fingerprint density at radius 3 is 2.30 bits per heavy atom. The molecule has 0 aliphatic rings. The van der Waals surface area contributed by atoms with Crippen molar-refractivity contribution in [3.63, 3.8) is 0 Å². The van der Waals surface area contributed by atoms with E-state index in [1.54, 1.807) is 6.08 Å². The number of nitrogens with zero attached hydrogens (tertiary/aromatic N) is 2. The van der Waals surface area contributed by atoms with E-state index in [4.69, 9.17) is 9.05 Å². The summed E-state index contributed by atoms with van der Waals surface area (Å²) in [6, 6.07) is 18.8. The standard InChI is InChI=1S/C20H21N4O4PS/c1-27-29(26,28-2)18(22-17(25)14-13-15-9-5-3-6-10-15)19-23-24-20(30-19)21-16-11-7-4-8-12-16/h3-14,18H,1-2H3,(H,21,24)(H,22,25). The third-order valence-electron chi connectivity index (χ3n) is 4.03. The molecule has 8 nitrogen and oxygen atoms in total. The highest BCUT2D eigenvalue weighted by atomic mass is 32.1. The van der Waals surface area contributed by atoms with Gasteiger partial charge in [-0.05, 0) is 23.8 Å². The molecule has 1 amide bonds. The van der Waals surface area contributed by atoms with Crippen molar-refractivity contribution in [2.75, 3.05) is 19.5 Å². The summed E-state index contributed by atoms with van der Waals surface area (Å²) in [7, 11) is -1.20. The molecular weight excluding hydrogens is 423 g/mol. The first-order chi connectivity index (χ1) is 14.5. The molecule has 0 saturated heterocycles. The van der Waals surface area contributed by atoms with Gasteiger partial charge in [0.05, 0.1) is 0 Å². The van der Waals surface area contributed by atoms with Gasteiger partial charge < -0.3 is 19.7 Å². The fourth-order valence-electron chi connectivity index (χ4n) is 2.52. The van der Waals surface area contributed by atoms with Crippen molar-refractivity contribution >= 4 is 41.7 Å². The van der Waals surface area contributed by atoms with E-state index in [9.17, 15) is 9.36 Å². The number of hydrogen-bond donors (Lipinski definition) is 2. The van der Waals surface area contributed by atoms with Crippen molar-refractivity contribution in [3.05, 3.63) is 77.3 Å². The summed E-state index contributed by atoms with van der Waals surface area (Å²) < 4.78 is 23.3. The first kappa shape index (κ1) is 21.9. The molecule has 1 atom stereocenters. The average molecular weight is 444 g/mol. The van der Waals surface area contributed by atoms with Crippen LogP contribution in [0.5, 0.6) is 0 Å². The van der Waals surface area contributed by atoms with Gasteiger partial charge in [0.25, 0.3) is 0 Å². The molecule has 0 saturated carbocycles. The first-order valence-corrected chi connectivity index (χ1v) is 11.4. The van der Waals surface area contributed by atoms with Gasteiger partial charge in [-0.1, -0.05) is 59.9 Å². The molecule has 1 heterocycles. The van der Waals surface area contributed by atoms with Crippen LogP contribution in [-0.2, 0) is 18.4 Å². The highest BCUT2D eigenvalue weighted by Gasteiger charge is 2.39. The van der Waals surface area contributed by atoms with Gasteiger partial charge in [-0.15, -0.1) is 10.2 Å². The van der Waals surface area contributed by atoms with Gasteiger partial charge >= 0.3 is 7.60 Å². The SMILES string of the molecule is COP(=O)(OC)C(NC(=O)C=Cc1ccccc1)c1nnc(Nc2ccccc2)s1. The van der Waals surface area contributed by atoms with Crippen molar-refractivity contribution in [1.82, 2.24) is 15.5 Å². The summed E-state index contributed by atoms with van der Waals surface area (Å²) in [4.78, 5) is 12.5. The summed E-state index contributed by atoms with van der Waals surface area (Å²) in [5.74, 6) is -1.57. The molecule has 0 fully saturated rings. The number of nitrogens with one attached hydrogen (secondary N) is 2. The number of aromatic nitrogens is 2. The lowest BCUT2D eigenvalue weighted by molar-refractivity contribution is -0.116. The summed E-state index contributed by atoms with van der Waals surface area (Å²) in [6.45, 7) is 0. The largest absolute Gasteiger partial charge is 0.359 e. The Morgan fingerprint density at radius 1 is 1.03 bits per heavy atom. The number of rotatable bonds is 9. The predicted octanol–water partition coefficient (Wildman–Crippen LogP) is 4.60. The highest BCUT2D eigenvalue weighted by Crippen LogP contribution is 2.59. The normalized spacial score (nSPS) is 12.6. The minimum Gasteiger partial charge on any atom is -0.333 e. The fraction of sp³-hybridized carbons (Fsp3) is 0.150. The summed E-state index contributed by atoms with van der Waals surface area (Å²) >= 11 is 1.15. The molecule has 1 unspecified atom stereocenters. The van der Waals surface area contributed by atoms with E-state index in [-0.39, 0.29) is 0 Å². The number of carbonyl (C=O) groups is 1. The second-order valence-electron chi connectivity index (χ2n) is 6.00. The van der Waals surface area contributed by atoms with Crippen molar-refractivity contribution in [1.29, 1.82) is 0 Å². The minimum absolute atomic E-state index is 0.293. The number of benzene rings is 2. The molecule has 30 heavy (non-hydrogen) atoms. The lowest BCUT2D eigenvalue weighted by atomic mass is 10.2. The molecular formula is C20H21N4O4PS. The van der Waals surface area contributed by atoms with E-state index >= 15 is 0 Å². The third-order valence-corrected chi connectivity index (χ3v) is 7.13. The Balaban J connectivity index is 1.80. The van der Waals surface area contributed by atoms with Crippen LogP contribution in [-0.4, -0.2) is 30.3 Å².